The molecule has 0 bridgehead atoms. The highest BCUT2D eigenvalue weighted by molar-refractivity contribution is 5.76. The molecule has 110 valence electrons. The van der Waals surface area contributed by atoms with E-state index in [1.165, 1.54) is 0 Å². The molecule has 0 saturated carbocycles. The first-order valence-corrected chi connectivity index (χ1v) is 6.93. The van der Waals surface area contributed by atoms with E-state index in [1.807, 2.05) is 26.0 Å². The zero-order valence-electron chi connectivity index (χ0n) is 12.4. The summed E-state index contributed by atoms with van der Waals surface area (Å²) in [5, 5.41) is 0. The van der Waals surface area contributed by atoms with Crippen LogP contribution in [0, 0.1) is 13.8 Å². The van der Waals surface area contributed by atoms with E-state index in [0.29, 0.717) is 25.2 Å². The van der Waals surface area contributed by atoms with E-state index in [4.69, 9.17) is 9.47 Å². The van der Waals surface area contributed by atoms with Crippen molar-refractivity contribution >= 4 is 12.3 Å². The van der Waals surface area contributed by atoms with Crippen LogP contribution in [0.2, 0.25) is 0 Å². The van der Waals surface area contributed by atoms with Gasteiger partial charge in [0.15, 0.2) is 0 Å². The normalized spacial score (nSPS) is 10.2. The van der Waals surface area contributed by atoms with Gasteiger partial charge in [0.25, 0.3) is 0 Å². The number of unbranched alkanes of at least 4 members (excludes halogenated alkanes) is 1. The third kappa shape index (κ3) is 5.03. The Labute approximate surface area is 120 Å². The van der Waals surface area contributed by atoms with Gasteiger partial charge >= 0.3 is 5.97 Å². The zero-order valence-corrected chi connectivity index (χ0v) is 12.4. The first-order chi connectivity index (χ1) is 9.58. The molecular weight excluding hydrogens is 256 g/mol. The van der Waals surface area contributed by atoms with Crippen LogP contribution in [-0.2, 0) is 9.53 Å². The van der Waals surface area contributed by atoms with Crippen molar-refractivity contribution in [3.05, 3.63) is 28.8 Å². The maximum atomic E-state index is 11.2. The lowest BCUT2D eigenvalue weighted by atomic mass is 10.1. The van der Waals surface area contributed by atoms with Crippen molar-refractivity contribution in [3.63, 3.8) is 0 Å². The molecule has 0 radical (unpaired) electrons. The zero-order chi connectivity index (χ0) is 15.0. The largest absolute Gasteiger partial charge is 0.493 e. The van der Waals surface area contributed by atoms with Crippen LogP contribution in [0.25, 0.3) is 0 Å². The summed E-state index contributed by atoms with van der Waals surface area (Å²) < 4.78 is 10.6. The van der Waals surface area contributed by atoms with Crippen LogP contribution in [0.1, 0.15) is 47.7 Å². The van der Waals surface area contributed by atoms with Gasteiger partial charge in [0.1, 0.15) is 12.0 Å². The molecule has 0 unspecified atom stereocenters. The van der Waals surface area contributed by atoms with Crippen LogP contribution in [0.4, 0.5) is 0 Å². The van der Waals surface area contributed by atoms with E-state index in [2.05, 4.69) is 0 Å². The van der Waals surface area contributed by atoms with Crippen LogP contribution in [0.3, 0.4) is 0 Å². The minimum atomic E-state index is -0.157. The molecule has 4 heteroatoms. The SMILES string of the molecule is CCOC(=O)CCCCOc1c(C)cc(C=O)cc1C. The molecule has 0 aliphatic heterocycles. The number of benzene rings is 1. The highest BCUT2D eigenvalue weighted by Gasteiger charge is 2.07. The fourth-order valence-corrected chi connectivity index (χ4v) is 2.06. The quantitative estimate of drug-likeness (QED) is 0.416. The molecule has 0 amide bonds. The van der Waals surface area contributed by atoms with Gasteiger partial charge < -0.3 is 9.47 Å². The van der Waals surface area contributed by atoms with Crippen molar-refractivity contribution in [1.82, 2.24) is 0 Å². The van der Waals surface area contributed by atoms with Crippen molar-refractivity contribution in [2.75, 3.05) is 13.2 Å². The molecule has 1 aromatic rings. The lowest BCUT2D eigenvalue weighted by Crippen LogP contribution is -2.06. The van der Waals surface area contributed by atoms with E-state index < -0.39 is 0 Å². The molecule has 0 spiro atoms. The van der Waals surface area contributed by atoms with Crippen LogP contribution in [-0.4, -0.2) is 25.5 Å². The van der Waals surface area contributed by atoms with Crippen molar-refractivity contribution in [1.29, 1.82) is 0 Å². The standard InChI is InChI=1S/C16H22O4/c1-4-19-15(18)7-5-6-8-20-16-12(2)9-14(11-17)10-13(16)3/h9-11H,4-8H2,1-3H3. The van der Waals surface area contributed by atoms with E-state index in [-0.39, 0.29) is 5.97 Å². The minimum absolute atomic E-state index is 0.157. The average molecular weight is 278 g/mol. The number of ether oxygens (including phenoxy) is 2. The number of aldehydes is 1. The smallest absolute Gasteiger partial charge is 0.305 e. The van der Waals surface area contributed by atoms with Crippen molar-refractivity contribution in [2.24, 2.45) is 0 Å². The number of rotatable bonds is 8. The molecule has 0 aliphatic rings. The van der Waals surface area contributed by atoms with Gasteiger partial charge in [-0.25, -0.2) is 0 Å². The van der Waals surface area contributed by atoms with Gasteiger partial charge in [-0.1, -0.05) is 0 Å². The fourth-order valence-electron chi connectivity index (χ4n) is 2.06. The number of carbonyl (C=O) groups is 2. The molecule has 4 nitrogen and oxygen atoms in total. The number of aryl methyl sites for hydroxylation is 2. The maximum Gasteiger partial charge on any atom is 0.305 e. The second kappa shape index (κ2) is 8.35. The third-order valence-corrected chi connectivity index (χ3v) is 2.95. The first-order valence-electron chi connectivity index (χ1n) is 6.93. The second-order valence-electron chi connectivity index (χ2n) is 4.71. The summed E-state index contributed by atoms with van der Waals surface area (Å²) in [7, 11) is 0. The first kappa shape index (κ1) is 16.2. The van der Waals surface area contributed by atoms with E-state index in [0.717, 1.165) is 36.0 Å². The van der Waals surface area contributed by atoms with Gasteiger partial charge in [-0.15, -0.1) is 0 Å². The molecule has 0 heterocycles. The lowest BCUT2D eigenvalue weighted by Gasteiger charge is -2.12. The molecule has 0 N–H and O–H groups in total. The van der Waals surface area contributed by atoms with E-state index in [1.54, 1.807) is 6.92 Å². The number of hydrogen-bond acceptors (Lipinski definition) is 4. The fraction of sp³-hybridized carbons (Fsp3) is 0.500. The van der Waals surface area contributed by atoms with Gasteiger partial charge in [0.05, 0.1) is 13.2 Å². The summed E-state index contributed by atoms with van der Waals surface area (Å²) in [6.07, 6.45) is 2.82. The topological polar surface area (TPSA) is 52.6 Å². The molecule has 1 rings (SSSR count). The highest BCUT2D eigenvalue weighted by Crippen LogP contribution is 2.24. The van der Waals surface area contributed by atoms with E-state index in [9.17, 15) is 9.59 Å². The number of hydrogen-bond donors (Lipinski definition) is 0. The Morgan fingerprint density at radius 3 is 2.40 bits per heavy atom. The molecular formula is C16H22O4. The number of esters is 1. The molecule has 0 aliphatic carbocycles. The molecule has 0 atom stereocenters. The Kier molecular flexibility index (Phi) is 6.77. The summed E-state index contributed by atoms with van der Waals surface area (Å²) in [6.45, 7) is 6.63. The van der Waals surface area contributed by atoms with Gasteiger partial charge in [-0.2, -0.15) is 0 Å². The van der Waals surface area contributed by atoms with Crippen LogP contribution in [0.15, 0.2) is 12.1 Å². The summed E-state index contributed by atoms with van der Waals surface area (Å²) in [5.41, 5.74) is 2.57. The summed E-state index contributed by atoms with van der Waals surface area (Å²) in [4.78, 5) is 21.9. The Morgan fingerprint density at radius 2 is 1.85 bits per heavy atom. The molecule has 20 heavy (non-hydrogen) atoms. The van der Waals surface area contributed by atoms with Crippen LogP contribution < -0.4 is 4.74 Å². The Morgan fingerprint density at radius 1 is 1.20 bits per heavy atom. The summed E-state index contributed by atoms with van der Waals surface area (Å²) >= 11 is 0. The minimum Gasteiger partial charge on any atom is -0.493 e. The van der Waals surface area contributed by atoms with Gasteiger partial charge in [0, 0.05) is 12.0 Å². The van der Waals surface area contributed by atoms with Gasteiger partial charge in [-0.3, -0.25) is 9.59 Å². The van der Waals surface area contributed by atoms with Gasteiger partial charge in [0.2, 0.25) is 0 Å². The lowest BCUT2D eigenvalue weighted by molar-refractivity contribution is -0.143. The van der Waals surface area contributed by atoms with Crippen LogP contribution in [0.5, 0.6) is 5.75 Å². The summed E-state index contributed by atoms with van der Waals surface area (Å²) in [6, 6.07) is 3.63. The molecule has 0 saturated heterocycles. The Hall–Kier alpha value is -1.84. The average Bonchev–Trinajstić information content (AvgIpc) is 2.41. The molecule has 1 aromatic carbocycles. The molecule has 0 aromatic heterocycles. The van der Waals surface area contributed by atoms with Crippen molar-refractivity contribution in [2.45, 2.75) is 40.0 Å². The van der Waals surface area contributed by atoms with Gasteiger partial charge in [-0.05, 0) is 56.9 Å². The Balaban J connectivity index is 2.39. The predicted molar refractivity (Wildman–Crippen MR) is 77.3 cm³/mol. The summed E-state index contributed by atoms with van der Waals surface area (Å²) in [5.74, 6) is 0.668. The molecule has 0 fully saturated rings. The van der Waals surface area contributed by atoms with Crippen LogP contribution >= 0.6 is 0 Å². The van der Waals surface area contributed by atoms with Crippen molar-refractivity contribution < 1.29 is 19.1 Å². The third-order valence-electron chi connectivity index (χ3n) is 2.95. The second-order valence-corrected chi connectivity index (χ2v) is 4.71. The monoisotopic (exact) mass is 278 g/mol. The Bertz CT molecular complexity index is 443. The highest BCUT2D eigenvalue weighted by atomic mass is 16.5. The maximum absolute atomic E-state index is 11.2. The number of carbonyl (C=O) groups excluding carboxylic acids is 2. The van der Waals surface area contributed by atoms with Crippen molar-refractivity contribution in [3.8, 4) is 5.75 Å². The predicted octanol–water partition coefficient (Wildman–Crippen LogP) is 3.23. The van der Waals surface area contributed by atoms with E-state index >= 15 is 0 Å².